The van der Waals surface area contributed by atoms with Crippen LogP contribution in [0, 0.1) is 0 Å². The molecule has 0 aromatic carbocycles. The Hall–Kier alpha value is -0.840. The molecule has 2 atom stereocenters. The van der Waals surface area contributed by atoms with E-state index in [0.717, 1.165) is 0 Å². The van der Waals surface area contributed by atoms with Gasteiger partial charge in [-0.2, -0.15) is 0 Å². The summed E-state index contributed by atoms with van der Waals surface area (Å²) in [6.07, 6.45) is -1.11. The summed E-state index contributed by atoms with van der Waals surface area (Å²) in [5.41, 5.74) is -0.544. The van der Waals surface area contributed by atoms with E-state index < -0.39 is 23.9 Å². The maximum absolute atomic E-state index is 13.3. The highest BCUT2D eigenvalue weighted by atomic mass is 19.1. The summed E-state index contributed by atoms with van der Waals surface area (Å²) in [7, 11) is 0. The molecule has 1 heterocycles. The van der Waals surface area contributed by atoms with E-state index in [-0.39, 0.29) is 0 Å². The Morgan fingerprint density at radius 1 is 1.53 bits per heavy atom. The summed E-state index contributed by atoms with van der Waals surface area (Å²) in [4.78, 5) is 11.3. The molecule has 1 fully saturated rings. The number of carbonyl (C=O) groups excluding carboxylic acids is 1. The average molecular weight is 218 g/mol. The first kappa shape index (κ1) is 12.2. The highest BCUT2D eigenvalue weighted by Crippen LogP contribution is 2.10. The second kappa shape index (κ2) is 4.79. The lowest BCUT2D eigenvalue weighted by atomic mass is 10.1. The fraction of sp³-hybridized carbons (Fsp3) is 0.900. The van der Waals surface area contributed by atoms with Gasteiger partial charge >= 0.3 is 6.09 Å². The molecule has 2 N–H and O–H groups in total. The molecule has 5 heteroatoms. The van der Waals surface area contributed by atoms with Gasteiger partial charge in [-0.1, -0.05) is 0 Å². The van der Waals surface area contributed by atoms with Crippen LogP contribution < -0.4 is 10.6 Å². The number of carbonyl (C=O) groups is 1. The smallest absolute Gasteiger partial charge is 0.408 e. The number of nitrogens with one attached hydrogen (secondary N) is 2. The molecule has 1 aliphatic rings. The summed E-state index contributed by atoms with van der Waals surface area (Å²) < 4.78 is 18.4. The summed E-state index contributed by atoms with van der Waals surface area (Å²) in [5.74, 6) is 0. The van der Waals surface area contributed by atoms with Crippen LogP contribution >= 0.6 is 0 Å². The first-order valence-electron chi connectivity index (χ1n) is 5.23. The minimum Gasteiger partial charge on any atom is -0.444 e. The molecule has 88 valence electrons. The number of alkyl halides is 1. The fourth-order valence-corrected chi connectivity index (χ4v) is 1.43. The van der Waals surface area contributed by atoms with Crippen molar-refractivity contribution in [1.82, 2.24) is 10.6 Å². The highest BCUT2D eigenvalue weighted by Gasteiger charge is 2.27. The third-order valence-corrected chi connectivity index (χ3v) is 2.10. The summed E-state index contributed by atoms with van der Waals surface area (Å²) in [6, 6.07) is -0.478. The van der Waals surface area contributed by atoms with E-state index in [0.29, 0.717) is 19.5 Å². The van der Waals surface area contributed by atoms with Crippen LogP contribution in [0.1, 0.15) is 27.2 Å². The molecule has 0 radical (unpaired) electrons. The maximum atomic E-state index is 13.3. The zero-order valence-corrected chi connectivity index (χ0v) is 9.47. The first-order valence-corrected chi connectivity index (χ1v) is 5.23. The van der Waals surface area contributed by atoms with Gasteiger partial charge in [-0.05, 0) is 33.7 Å². The van der Waals surface area contributed by atoms with Gasteiger partial charge in [-0.3, -0.25) is 0 Å². The number of hydrogen-bond donors (Lipinski definition) is 2. The third kappa shape index (κ3) is 4.46. The van der Waals surface area contributed by atoms with E-state index in [2.05, 4.69) is 10.6 Å². The van der Waals surface area contributed by atoms with Crippen LogP contribution in [0.5, 0.6) is 0 Å². The summed E-state index contributed by atoms with van der Waals surface area (Å²) in [5, 5.41) is 5.55. The molecule has 1 rings (SSSR count). The van der Waals surface area contributed by atoms with Crippen LogP contribution in [0.3, 0.4) is 0 Å². The van der Waals surface area contributed by atoms with Gasteiger partial charge in [-0.15, -0.1) is 0 Å². The molecule has 0 saturated carbocycles. The number of alkyl carbamates (subject to hydrolysis) is 1. The number of hydrogen-bond acceptors (Lipinski definition) is 3. The van der Waals surface area contributed by atoms with Crippen molar-refractivity contribution in [2.45, 2.75) is 45.0 Å². The number of piperidine rings is 1. The first-order chi connectivity index (χ1) is 6.88. The lowest BCUT2D eigenvalue weighted by molar-refractivity contribution is 0.0459. The van der Waals surface area contributed by atoms with E-state index >= 15 is 0 Å². The predicted molar refractivity (Wildman–Crippen MR) is 55.5 cm³/mol. The summed E-state index contributed by atoms with van der Waals surface area (Å²) >= 11 is 0. The van der Waals surface area contributed by atoms with E-state index in [1.807, 2.05) is 0 Å². The monoisotopic (exact) mass is 218 g/mol. The topological polar surface area (TPSA) is 50.4 Å². The van der Waals surface area contributed by atoms with Crippen molar-refractivity contribution in [3.8, 4) is 0 Å². The zero-order chi connectivity index (χ0) is 11.5. The van der Waals surface area contributed by atoms with Crippen molar-refractivity contribution in [2.24, 2.45) is 0 Å². The van der Waals surface area contributed by atoms with Gasteiger partial charge in [0.1, 0.15) is 11.8 Å². The van der Waals surface area contributed by atoms with Crippen LogP contribution in [0.4, 0.5) is 9.18 Å². The molecule has 0 aromatic rings. The van der Waals surface area contributed by atoms with Crippen molar-refractivity contribution in [2.75, 3.05) is 13.1 Å². The predicted octanol–water partition coefficient (Wildman–Crippen LogP) is 1.21. The maximum Gasteiger partial charge on any atom is 0.408 e. The van der Waals surface area contributed by atoms with Gasteiger partial charge < -0.3 is 15.4 Å². The molecule has 1 aliphatic heterocycles. The van der Waals surface area contributed by atoms with Crippen molar-refractivity contribution in [3.63, 3.8) is 0 Å². The Morgan fingerprint density at radius 3 is 2.73 bits per heavy atom. The second-order valence-corrected chi connectivity index (χ2v) is 4.76. The Bertz CT molecular complexity index is 228. The van der Waals surface area contributed by atoms with Crippen LogP contribution in [0.15, 0.2) is 0 Å². The van der Waals surface area contributed by atoms with Gasteiger partial charge in [0.2, 0.25) is 0 Å². The second-order valence-electron chi connectivity index (χ2n) is 4.76. The Labute approximate surface area is 89.6 Å². The standard InChI is InChI=1S/C10H19FN2O2/c1-10(2,3)15-9(14)13-8-6-12-5-4-7(8)11/h7-8,12H,4-6H2,1-3H3,(H,13,14)/t7-,8+/m0/s1. The normalized spacial score (nSPS) is 27.2. The van der Waals surface area contributed by atoms with Crippen molar-refractivity contribution < 1.29 is 13.9 Å². The minimum atomic E-state index is -0.987. The van der Waals surface area contributed by atoms with Crippen molar-refractivity contribution in [3.05, 3.63) is 0 Å². The highest BCUT2D eigenvalue weighted by molar-refractivity contribution is 5.68. The largest absolute Gasteiger partial charge is 0.444 e. The van der Waals surface area contributed by atoms with E-state index in [1.165, 1.54) is 0 Å². The minimum absolute atomic E-state index is 0.431. The van der Waals surface area contributed by atoms with Crippen LogP contribution in [-0.4, -0.2) is 37.0 Å². The zero-order valence-electron chi connectivity index (χ0n) is 9.47. The molecular weight excluding hydrogens is 199 g/mol. The third-order valence-electron chi connectivity index (χ3n) is 2.10. The van der Waals surface area contributed by atoms with E-state index in [9.17, 15) is 9.18 Å². The van der Waals surface area contributed by atoms with Crippen LogP contribution in [-0.2, 0) is 4.74 Å². The Morgan fingerprint density at radius 2 is 2.20 bits per heavy atom. The molecule has 15 heavy (non-hydrogen) atoms. The molecule has 0 spiro atoms. The molecule has 1 amide bonds. The van der Waals surface area contributed by atoms with Gasteiger partial charge in [0.25, 0.3) is 0 Å². The number of halogens is 1. The van der Waals surface area contributed by atoms with Gasteiger partial charge in [0, 0.05) is 6.54 Å². The molecule has 0 bridgehead atoms. The van der Waals surface area contributed by atoms with Crippen LogP contribution in [0.25, 0.3) is 0 Å². The molecule has 0 aliphatic carbocycles. The van der Waals surface area contributed by atoms with E-state index in [1.54, 1.807) is 20.8 Å². The van der Waals surface area contributed by atoms with E-state index in [4.69, 9.17) is 4.74 Å². The Balaban J connectivity index is 2.36. The Kier molecular flexibility index (Phi) is 3.90. The lowest BCUT2D eigenvalue weighted by Crippen LogP contribution is -2.53. The van der Waals surface area contributed by atoms with Gasteiger partial charge in [-0.25, -0.2) is 9.18 Å². The molecular formula is C10H19FN2O2. The molecule has 1 saturated heterocycles. The van der Waals surface area contributed by atoms with Gasteiger partial charge in [0.05, 0.1) is 6.04 Å². The lowest BCUT2D eigenvalue weighted by Gasteiger charge is -2.28. The molecule has 4 nitrogen and oxygen atoms in total. The number of amides is 1. The number of rotatable bonds is 1. The average Bonchev–Trinajstić information content (AvgIpc) is 2.05. The SMILES string of the molecule is CC(C)(C)OC(=O)N[C@@H]1CNCC[C@@H]1F. The molecule has 0 unspecified atom stereocenters. The molecule has 0 aromatic heterocycles. The van der Waals surface area contributed by atoms with Crippen molar-refractivity contribution in [1.29, 1.82) is 0 Å². The summed E-state index contributed by atoms with van der Waals surface area (Å²) in [6.45, 7) is 6.45. The van der Waals surface area contributed by atoms with Crippen LogP contribution in [0.2, 0.25) is 0 Å². The van der Waals surface area contributed by atoms with Gasteiger partial charge in [0.15, 0.2) is 0 Å². The van der Waals surface area contributed by atoms with Crippen molar-refractivity contribution >= 4 is 6.09 Å². The quantitative estimate of drug-likeness (QED) is 0.695. The number of ether oxygens (including phenoxy) is 1. The fourth-order valence-electron chi connectivity index (χ4n) is 1.43.